The Hall–Kier alpha value is -3.04. The van der Waals surface area contributed by atoms with E-state index in [0.29, 0.717) is 11.4 Å². The summed E-state index contributed by atoms with van der Waals surface area (Å²) < 4.78 is 2.29. The highest BCUT2D eigenvalue weighted by Crippen LogP contribution is 2.36. The van der Waals surface area contributed by atoms with Crippen molar-refractivity contribution in [1.82, 2.24) is 9.88 Å². The summed E-state index contributed by atoms with van der Waals surface area (Å²) in [5.74, 6) is -0.0263. The zero-order valence-electron chi connectivity index (χ0n) is 19.5. The van der Waals surface area contributed by atoms with E-state index in [4.69, 9.17) is 11.6 Å². The van der Waals surface area contributed by atoms with Crippen LogP contribution in [0.4, 0.5) is 0 Å². The first kappa shape index (κ1) is 23.1. The van der Waals surface area contributed by atoms with Crippen LogP contribution in [0.2, 0.25) is 5.02 Å². The van der Waals surface area contributed by atoms with Crippen LogP contribution in [-0.4, -0.2) is 16.5 Å². The molecule has 0 aliphatic carbocycles. The molecule has 0 saturated carbocycles. The van der Waals surface area contributed by atoms with Crippen molar-refractivity contribution in [2.45, 2.75) is 52.1 Å². The molecule has 4 rings (SSSR count). The Bertz CT molecular complexity index is 1240. The molecule has 2 atom stereocenters. The second-order valence-corrected chi connectivity index (χ2v) is 9.34. The molecule has 0 bridgehead atoms. The number of rotatable bonds is 8. The van der Waals surface area contributed by atoms with Gasteiger partial charge < -0.3 is 9.88 Å². The topological polar surface area (TPSA) is 34.0 Å². The molecule has 0 spiro atoms. The van der Waals surface area contributed by atoms with Crippen LogP contribution in [0.3, 0.4) is 0 Å². The Morgan fingerprint density at radius 3 is 2.52 bits per heavy atom. The highest BCUT2D eigenvalue weighted by molar-refractivity contribution is 6.30. The summed E-state index contributed by atoms with van der Waals surface area (Å²) >= 11 is 6.36. The van der Waals surface area contributed by atoms with Crippen molar-refractivity contribution >= 4 is 28.4 Å². The summed E-state index contributed by atoms with van der Waals surface area (Å²) in [5, 5.41) is 4.99. The molecule has 170 valence electrons. The zero-order chi connectivity index (χ0) is 23.4. The van der Waals surface area contributed by atoms with Gasteiger partial charge in [-0.1, -0.05) is 78.7 Å². The van der Waals surface area contributed by atoms with Crippen LogP contribution >= 0.6 is 11.6 Å². The number of carbonyl (C=O) groups is 1. The zero-order valence-corrected chi connectivity index (χ0v) is 20.3. The van der Waals surface area contributed by atoms with E-state index in [-0.39, 0.29) is 17.9 Å². The van der Waals surface area contributed by atoms with E-state index in [2.05, 4.69) is 84.5 Å². The summed E-state index contributed by atoms with van der Waals surface area (Å²) in [5.41, 5.74) is 5.88. The number of aryl methyl sites for hydroxylation is 1. The lowest BCUT2D eigenvalue weighted by Crippen LogP contribution is -2.33. The lowest BCUT2D eigenvalue weighted by atomic mass is 9.88. The third kappa shape index (κ3) is 5.48. The molecule has 2 unspecified atom stereocenters. The van der Waals surface area contributed by atoms with Gasteiger partial charge in [-0.2, -0.15) is 0 Å². The first-order chi connectivity index (χ1) is 15.9. The van der Waals surface area contributed by atoms with Gasteiger partial charge in [-0.3, -0.25) is 4.79 Å². The molecule has 0 radical (unpaired) electrons. The number of amides is 1. The van der Waals surface area contributed by atoms with Gasteiger partial charge in [0.25, 0.3) is 0 Å². The van der Waals surface area contributed by atoms with E-state index in [1.807, 2.05) is 25.1 Å². The van der Waals surface area contributed by atoms with Crippen molar-refractivity contribution in [2.24, 2.45) is 0 Å². The van der Waals surface area contributed by atoms with E-state index in [9.17, 15) is 4.79 Å². The monoisotopic (exact) mass is 458 g/mol. The Morgan fingerprint density at radius 2 is 1.79 bits per heavy atom. The second kappa shape index (κ2) is 10.3. The Labute approximate surface area is 201 Å². The van der Waals surface area contributed by atoms with Crippen molar-refractivity contribution in [2.75, 3.05) is 0 Å². The maximum atomic E-state index is 13.0. The van der Waals surface area contributed by atoms with Crippen molar-refractivity contribution < 1.29 is 4.79 Å². The largest absolute Gasteiger partial charge is 0.354 e. The van der Waals surface area contributed by atoms with E-state index < -0.39 is 0 Å². The first-order valence-corrected chi connectivity index (χ1v) is 12.0. The fraction of sp³-hybridized carbons (Fsp3) is 0.276. The summed E-state index contributed by atoms with van der Waals surface area (Å²) in [6.45, 7) is 7.01. The summed E-state index contributed by atoms with van der Waals surface area (Å²) in [6, 6.07) is 25.1. The van der Waals surface area contributed by atoms with Crippen molar-refractivity contribution in [3.05, 3.63) is 106 Å². The first-order valence-electron chi connectivity index (χ1n) is 11.6. The predicted octanol–water partition coefficient (Wildman–Crippen LogP) is 7.09. The normalized spacial score (nSPS) is 13.1. The maximum Gasteiger partial charge on any atom is 0.221 e. The van der Waals surface area contributed by atoms with Crippen molar-refractivity contribution in [1.29, 1.82) is 0 Å². The molecule has 1 aromatic heterocycles. The molecular formula is C29H31ClN2O. The lowest BCUT2D eigenvalue weighted by Gasteiger charge is -2.19. The molecular weight excluding hydrogens is 428 g/mol. The number of benzene rings is 3. The number of para-hydroxylation sites is 1. The van der Waals surface area contributed by atoms with Crippen molar-refractivity contribution in [3.63, 3.8) is 0 Å². The van der Waals surface area contributed by atoms with Crippen LogP contribution in [0.1, 0.15) is 54.9 Å². The number of fused-ring (bicyclic) bond motifs is 1. The number of nitrogens with zero attached hydrogens (tertiary/aromatic N) is 1. The summed E-state index contributed by atoms with van der Waals surface area (Å²) in [6.07, 6.45) is 3.50. The predicted molar refractivity (Wildman–Crippen MR) is 138 cm³/mol. The maximum absolute atomic E-state index is 13.0. The fourth-order valence-corrected chi connectivity index (χ4v) is 4.52. The molecule has 4 heteroatoms. The third-order valence-corrected chi connectivity index (χ3v) is 6.56. The lowest BCUT2D eigenvalue weighted by molar-refractivity contribution is -0.121. The van der Waals surface area contributed by atoms with Gasteiger partial charge in [-0.25, -0.2) is 0 Å². The molecule has 0 aliphatic rings. The number of aromatic nitrogens is 1. The molecule has 33 heavy (non-hydrogen) atoms. The van der Waals surface area contributed by atoms with E-state index in [1.165, 1.54) is 22.0 Å². The van der Waals surface area contributed by atoms with Crippen LogP contribution in [0.5, 0.6) is 0 Å². The van der Waals surface area contributed by atoms with Gasteiger partial charge in [0, 0.05) is 47.0 Å². The van der Waals surface area contributed by atoms with Crippen LogP contribution in [0.25, 0.3) is 10.9 Å². The van der Waals surface area contributed by atoms with Crippen LogP contribution in [-0.2, 0) is 11.3 Å². The standard InChI is InChI=1S/C29H31ClN2O/c1-4-21(3)31-29(33)17-26(23-8-7-9-24(30)16-23)27-19-32(28-11-6-5-10-25(27)28)18-22-14-12-20(2)13-15-22/h5-16,19,21,26H,4,17-18H2,1-3H3,(H,31,33). The van der Waals surface area contributed by atoms with Crippen LogP contribution < -0.4 is 5.32 Å². The quantitative estimate of drug-likeness (QED) is 0.300. The number of nitrogens with one attached hydrogen (secondary N) is 1. The molecule has 1 heterocycles. The van der Waals surface area contributed by atoms with Gasteiger partial charge in [0.05, 0.1) is 0 Å². The Morgan fingerprint density at radius 1 is 1.03 bits per heavy atom. The summed E-state index contributed by atoms with van der Waals surface area (Å²) in [7, 11) is 0. The van der Waals surface area contributed by atoms with Gasteiger partial charge in [0.2, 0.25) is 5.91 Å². The van der Waals surface area contributed by atoms with Gasteiger partial charge in [-0.15, -0.1) is 0 Å². The SMILES string of the molecule is CCC(C)NC(=O)CC(c1cccc(Cl)c1)c1cn(Cc2ccc(C)cc2)c2ccccc12. The highest BCUT2D eigenvalue weighted by atomic mass is 35.5. The second-order valence-electron chi connectivity index (χ2n) is 8.90. The average molecular weight is 459 g/mol. The number of carbonyl (C=O) groups excluding carboxylic acids is 1. The minimum atomic E-state index is -0.0862. The van der Waals surface area contributed by atoms with Crippen LogP contribution in [0, 0.1) is 6.92 Å². The molecule has 3 aromatic carbocycles. The van der Waals surface area contributed by atoms with E-state index >= 15 is 0 Å². The Kier molecular flexibility index (Phi) is 7.20. The smallest absolute Gasteiger partial charge is 0.221 e. The molecule has 0 fully saturated rings. The van der Waals surface area contributed by atoms with Crippen molar-refractivity contribution in [3.8, 4) is 0 Å². The molecule has 3 nitrogen and oxygen atoms in total. The van der Waals surface area contributed by atoms with Crippen LogP contribution in [0.15, 0.2) is 79.0 Å². The molecule has 4 aromatic rings. The van der Waals surface area contributed by atoms with Gasteiger partial charge in [0.15, 0.2) is 0 Å². The average Bonchev–Trinajstić information content (AvgIpc) is 3.17. The number of hydrogen-bond acceptors (Lipinski definition) is 1. The fourth-order valence-electron chi connectivity index (χ4n) is 4.33. The third-order valence-electron chi connectivity index (χ3n) is 6.33. The minimum Gasteiger partial charge on any atom is -0.354 e. The Balaban J connectivity index is 1.77. The number of halogens is 1. The van der Waals surface area contributed by atoms with Gasteiger partial charge in [-0.05, 0) is 55.2 Å². The molecule has 0 saturated heterocycles. The molecule has 1 N–H and O–H groups in total. The van der Waals surface area contributed by atoms with Gasteiger partial charge >= 0.3 is 0 Å². The summed E-state index contributed by atoms with van der Waals surface area (Å²) in [4.78, 5) is 13.0. The highest BCUT2D eigenvalue weighted by Gasteiger charge is 2.23. The number of hydrogen-bond donors (Lipinski definition) is 1. The molecule has 0 aliphatic heterocycles. The minimum absolute atomic E-state index is 0.0599. The van der Waals surface area contributed by atoms with E-state index in [0.717, 1.165) is 24.1 Å². The van der Waals surface area contributed by atoms with Gasteiger partial charge in [0.1, 0.15) is 0 Å². The van der Waals surface area contributed by atoms with E-state index in [1.54, 1.807) is 0 Å². The molecule has 1 amide bonds.